The van der Waals surface area contributed by atoms with Gasteiger partial charge in [0.2, 0.25) is 5.91 Å². The van der Waals surface area contributed by atoms with Crippen molar-refractivity contribution in [3.63, 3.8) is 0 Å². The van der Waals surface area contributed by atoms with Gasteiger partial charge < -0.3 is 15.1 Å². The van der Waals surface area contributed by atoms with Crippen molar-refractivity contribution in [3.8, 4) is 0 Å². The molecule has 1 atom stereocenters. The van der Waals surface area contributed by atoms with Crippen LogP contribution in [0, 0.1) is 0 Å². The van der Waals surface area contributed by atoms with Crippen LogP contribution in [0.1, 0.15) is 40.4 Å². The van der Waals surface area contributed by atoms with Gasteiger partial charge in [-0.05, 0) is 41.8 Å². The fraction of sp³-hybridized carbons (Fsp3) is 0.364. The lowest BCUT2D eigenvalue weighted by molar-refractivity contribution is -0.128. The first kappa shape index (κ1) is 19.0. The zero-order chi connectivity index (χ0) is 19.5. The average molecular weight is 398 g/mol. The van der Waals surface area contributed by atoms with E-state index in [1.807, 2.05) is 58.3 Å². The van der Waals surface area contributed by atoms with E-state index in [1.54, 1.807) is 0 Å². The Balaban J connectivity index is 1.49. The number of likely N-dealkylation sites (tertiary alicyclic amines) is 1. The van der Waals surface area contributed by atoms with Crippen LogP contribution >= 0.6 is 11.6 Å². The van der Waals surface area contributed by atoms with E-state index in [1.165, 1.54) is 0 Å². The molecule has 0 saturated carbocycles. The molecule has 1 unspecified atom stereocenters. The fourth-order valence-corrected chi connectivity index (χ4v) is 4.17. The van der Waals surface area contributed by atoms with E-state index in [0.717, 1.165) is 30.6 Å². The Labute approximate surface area is 170 Å². The third kappa shape index (κ3) is 4.05. The van der Waals surface area contributed by atoms with Crippen LogP contribution in [-0.4, -0.2) is 47.8 Å². The van der Waals surface area contributed by atoms with E-state index in [-0.39, 0.29) is 17.9 Å². The molecule has 0 spiro atoms. The van der Waals surface area contributed by atoms with Crippen molar-refractivity contribution >= 4 is 23.4 Å². The zero-order valence-corrected chi connectivity index (χ0v) is 16.5. The lowest BCUT2D eigenvalue weighted by atomic mass is 10.0. The molecule has 2 aromatic rings. The van der Waals surface area contributed by atoms with E-state index in [4.69, 9.17) is 11.6 Å². The summed E-state index contributed by atoms with van der Waals surface area (Å²) in [5.74, 6) is 0.237. The van der Waals surface area contributed by atoms with Crippen LogP contribution in [0.5, 0.6) is 0 Å². The minimum atomic E-state index is -0.0400. The van der Waals surface area contributed by atoms with Gasteiger partial charge in [0.25, 0.3) is 5.91 Å². The van der Waals surface area contributed by atoms with E-state index in [0.29, 0.717) is 36.6 Å². The Bertz CT molecular complexity index is 868. The van der Waals surface area contributed by atoms with E-state index < -0.39 is 0 Å². The van der Waals surface area contributed by atoms with Gasteiger partial charge in [-0.15, -0.1) is 0 Å². The average Bonchev–Trinajstić information content (AvgIpc) is 3.12. The molecule has 0 aliphatic carbocycles. The summed E-state index contributed by atoms with van der Waals surface area (Å²) in [5, 5.41) is 4.05. The minimum Gasteiger partial charge on any atom is -0.338 e. The van der Waals surface area contributed by atoms with Gasteiger partial charge in [-0.1, -0.05) is 35.9 Å². The van der Waals surface area contributed by atoms with Gasteiger partial charge >= 0.3 is 0 Å². The second-order valence-electron chi connectivity index (χ2n) is 7.39. The predicted molar refractivity (Wildman–Crippen MR) is 109 cm³/mol. The number of benzene rings is 2. The highest BCUT2D eigenvalue weighted by Crippen LogP contribution is 2.26. The van der Waals surface area contributed by atoms with E-state index in [2.05, 4.69) is 5.32 Å². The smallest absolute Gasteiger partial charge is 0.254 e. The number of halogens is 1. The van der Waals surface area contributed by atoms with Crippen molar-refractivity contribution in [2.75, 3.05) is 26.2 Å². The van der Waals surface area contributed by atoms with Crippen LogP contribution in [0.4, 0.5) is 0 Å². The SMILES string of the molecule is O=C1CCCN1Cc1ccc(C(=O)N2CCNCC2c2cccc(Cl)c2)cc1. The number of carbonyl (C=O) groups is 2. The van der Waals surface area contributed by atoms with Crippen molar-refractivity contribution in [3.05, 3.63) is 70.2 Å². The first-order chi connectivity index (χ1) is 13.6. The second-order valence-corrected chi connectivity index (χ2v) is 7.83. The molecule has 2 amide bonds. The van der Waals surface area contributed by atoms with Crippen LogP contribution in [0.2, 0.25) is 5.02 Å². The number of rotatable bonds is 4. The lowest BCUT2D eigenvalue weighted by Gasteiger charge is -2.36. The number of hydrogen-bond acceptors (Lipinski definition) is 3. The van der Waals surface area contributed by atoms with E-state index >= 15 is 0 Å². The topological polar surface area (TPSA) is 52.7 Å². The fourth-order valence-electron chi connectivity index (χ4n) is 3.97. The van der Waals surface area contributed by atoms with Crippen molar-refractivity contribution in [1.82, 2.24) is 15.1 Å². The first-order valence-corrected chi connectivity index (χ1v) is 10.1. The summed E-state index contributed by atoms with van der Waals surface area (Å²) >= 11 is 6.15. The van der Waals surface area contributed by atoms with Crippen molar-refractivity contribution < 1.29 is 9.59 Å². The molecular formula is C22H24ClN3O2. The van der Waals surface area contributed by atoms with Crippen LogP contribution < -0.4 is 5.32 Å². The molecule has 2 heterocycles. The van der Waals surface area contributed by atoms with Crippen LogP contribution in [0.3, 0.4) is 0 Å². The molecule has 5 nitrogen and oxygen atoms in total. The molecule has 6 heteroatoms. The minimum absolute atomic E-state index is 0.0234. The maximum atomic E-state index is 13.2. The number of carbonyl (C=O) groups excluding carboxylic acids is 2. The molecule has 2 aliphatic rings. The molecule has 1 N–H and O–H groups in total. The molecule has 146 valence electrons. The second kappa shape index (κ2) is 8.33. The highest BCUT2D eigenvalue weighted by Gasteiger charge is 2.29. The van der Waals surface area contributed by atoms with Crippen LogP contribution in [0.15, 0.2) is 48.5 Å². The summed E-state index contributed by atoms with van der Waals surface area (Å²) in [4.78, 5) is 28.8. The van der Waals surface area contributed by atoms with Gasteiger partial charge in [0, 0.05) is 49.7 Å². The molecule has 0 radical (unpaired) electrons. The third-order valence-corrected chi connectivity index (χ3v) is 5.72. The maximum absolute atomic E-state index is 13.2. The first-order valence-electron chi connectivity index (χ1n) is 9.76. The molecule has 0 aromatic heterocycles. The van der Waals surface area contributed by atoms with Gasteiger partial charge in [-0.3, -0.25) is 9.59 Å². The molecule has 2 fully saturated rings. The van der Waals surface area contributed by atoms with E-state index in [9.17, 15) is 9.59 Å². The Hall–Kier alpha value is -2.37. The zero-order valence-electron chi connectivity index (χ0n) is 15.7. The summed E-state index contributed by atoms with van der Waals surface area (Å²) in [7, 11) is 0. The summed E-state index contributed by atoms with van der Waals surface area (Å²) in [5.41, 5.74) is 2.76. The van der Waals surface area contributed by atoms with Crippen molar-refractivity contribution in [2.45, 2.75) is 25.4 Å². The quantitative estimate of drug-likeness (QED) is 0.861. The summed E-state index contributed by atoms with van der Waals surface area (Å²) in [6.45, 7) is 3.58. The molecule has 4 rings (SSSR count). The summed E-state index contributed by atoms with van der Waals surface area (Å²) in [6, 6.07) is 15.3. The van der Waals surface area contributed by atoms with Gasteiger partial charge in [-0.2, -0.15) is 0 Å². The molecule has 2 saturated heterocycles. The monoisotopic (exact) mass is 397 g/mol. The highest BCUT2D eigenvalue weighted by molar-refractivity contribution is 6.30. The number of amides is 2. The Morgan fingerprint density at radius 1 is 1.14 bits per heavy atom. The van der Waals surface area contributed by atoms with Crippen molar-refractivity contribution in [1.29, 1.82) is 0 Å². The predicted octanol–water partition coefficient (Wildman–Crippen LogP) is 3.25. The summed E-state index contributed by atoms with van der Waals surface area (Å²) in [6.07, 6.45) is 1.58. The van der Waals surface area contributed by atoms with Gasteiger partial charge in [0.05, 0.1) is 6.04 Å². The highest BCUT2D eigenvalue weighted by atomic mass is 35.5. The molecule has 2 aromatic carbocycles. The number of nitrogens with one attached hydrogen (secondary N) is 1. The largest absolute Gasteiger partial charge is 0.338 e. The summed E-state index contributed by atoms with van der Waals surface area (Å²) < 4.78 is 0. The van der Waals surface area contributed by atoms with Gasteiger partial charge in [-0.25, -0.2) is 0 Å². The van der Waals surface area contributed by atoms with Gasteiger partial charge in [0.1, 0.15) is 0 Å². The van der Waals surface area contributed by atoms with Crippen LogP contribution in [-0.2, 0) is 11.3 Å². The third-order valence-electron chi connectivity index (χ3n) is 5.48. The Morgan fingerprint density at radius 2 is 1.96 bits per heavy atom. The number of nitrogens with zero attached hydrogens (tertiary/aromatic N) is 2. The molecule has 0 bridgehead atoms. The number of hydrogen-bond donors (Lipinski definition) is 1. The van der Waals surface area contributed by atoms with Gasteiger partial charge in [0.15, 0.2) is 0 Å². The van der Waals surface area contributed by atoms with Crippen molar-refractivity contribution in [2.24, 2.45) is 0 Å². The molecule has 2 aliphatic heterocycles. The Morgan fingerprint density at radius 3 is 2.68 bits per heavy atom. The Kier molecular flexibility index (Phi) is 5.64. The standard InChI is InChI=1S/C22H24ClN3O2/c23-19-4-1-3-18(13-19)20-14-24-10-12-26(20)22(28)17-8-6-16(7-9-17)15-25-11-2-5-21(25)27/h1,3-4,6-9,13,20,24H,2,5,10-12,14-15H2. The number of piperazine rings is 1. The maximum Gasteiger partial charge on any atom is 0.254 e. The van der Waals surface area contributed by atoms with Crippen LogP contribution in [0.25, 0.3) is 0 Å². The molecular weight excluding hydrogens is 374 g/mol. The normalized spacial score (nSPS) is 19.9. The lowest BCUT2D eigenvalue weighted by Crippen LogP contribution is -2.48. The molecule has 28 heavy (non-hydrogen) atoms.